The van der Waals surface area contributed by atoms with E-state index in [0.29, 0.717) is 6.42 Å². The topological polar surface area (TPSA) is 37.3 Å². The molecule has 4 heteroatoms. The van der Waals surface area contributed by atoms with Gasteiger partial charge in [0.25, 0.3) is 0 Å². The summed E-state index contributed by atoms with van der Waals surface area (Å²) in [6.45, 7) is 0. The Morgan fingerprint density at radius 3 is 2.54 bits per heavy atom. The van der Waals surface area contributed by atoms with Crippen molar-refractivity contribution in [3.05, 3.63) is 35.9 Å². The number of hydrogen-bond donors (Lipinski definition) is 2. The molecule has 0 amide bonds. The summed E-state index contributed by atoms with van der Waals surface area (Å²) < 4.78 is 0. The molecular weight excluding hydrogens is 204 g/mol. The number of thiol groups is 1. The maximum atomic E-state index is 10.7. The summed E-state index contributed by atoms with van der Waals surface area (Å²) in [5.74, 6) is -0.816. The molecular formula is C9H10O2S2. The van der Waals surface area contributed by atoms with Gasteiger partial charge in [-0.2, -0.15) is 0 Å². The normalized spacial score (nSPS) is 12.4. The van der Waals surface area contributed by atoms with Crippen LogP contribution in [-0.2, 0) is 11.2 Å². The van der Waals surface area contributed by atoms with Gasteiger partial charge in [0.05, 0.1) is 0 Å². The lowest BCUT2D eigenvalue weighted by molar-refractivity contribution is -0.136. The molecule has 1 aromatic rings. The largest absolute Gasteiger partial charge is 0.480 e. The molecule has 0 saturated heterocycles. The van der Waals surface area contributed by atoms with Crippen molar-refractivity contribution in [3.63, 3.8) is 0 Å². The Hall–Kier alpha value is -0.610. The second-order valence-corrected chi connectivity index (χ2v) is 4.03. The van der Waals surface area contributed by atoms with Gasteiger partial charge >= 0.3 is 5.97 Å². The molecule has 0 heterocycles. The van der Waals surface area contributed by atoms with E-state index in [-0.39, 0.29) is 0 Å². The maximum absolute atomic E-state index is 10.7. The second-order valence-electron chi connectivity index (χ2n) is 2.62. The molecule has 0 aromatic heterocycles. The highest BCUT2D eigenvalue weighted by Gasteiger charge is 2.16. The van der Waals surface area contributed by atoms with Gasteiger partial charge in [-0.1, -0.05) is 41.1 Å². The van der Waals surface area contributed by atoms with E-state index in [2.05, 4.69) is 11.7 Å². The summed E-state index contributed by atoms with van der Waals surface area (Å²) in [4.78, 5) is 10.7. The molecule has 0 radical (unpaired) electrons. The highest BCUT2D eigenvalue weighted by Crippen LogP contribution is 2.19. The molecule has 1 unspecified atom stereocenters. The van der Waals surface area contributed by atoms with Crippen LogP contribution in [0.1, 0.15) is 5.56 Å². The summed E-state index contributed by atoms with van der Waals surface area (Å²) in [6, 6.07) is 9.54. The molecule has 2 nitrogen and oxygen atoms in total. The van der Waals surface area contributed by atoms with E-state index >= 15 is 0 Å². The fourth-order valence-corrected chi connectivity index (χ4v) is 1.85. The number of carboxylic acids is 1. The van der Waals surface area contributed by atoms with E-state index < -0.39 is 11.2 Å². The third-order valence-electron chi connectivity index (χ3n) is 1.67. The fraction of sp³-hybridized carbons (Fsp3) is 0.222. The first-order chi connectivity index (χ1) is 6.24. The average molecular weight is 214 g/mol. The Bertz CT molecular complexity index is 274. The number of carbonyl (C=O) groups is 1. The van der Waals surface area contributed by atoms with E-state index in [1.54, 1.807) is 0 Å². The Balaban J connectivity index is 2.62. The molecule has 0 aliphatic rings. The van der Waals surface area contributed by atoms with E-state index in [0.717, 1.165) is 16.4 Å². The zero-order chi connectivity index (χ0) is 9.68. The standard InChI is InChI=1S/C9H10O2S2/c10-9(11)8(13-12)6-7-4-2-1-3-5-7/h1-5,8,12H,6H2,(H,10,11). The first-order valence-corrected chi connectivity index (χ1v) is 5.74. The van der Waals surface area contributed by atoms with Crippen LogP contribution in [0.15, 0.2) is 30.3 Å². The van der Waals surface area contributed by atoms with Crippen LogP contribution in [0, 0.1) is 0 Å². The highest BCUT2D eigenvalue weighted by molar-refractivity contribution is 8.69. The van der Waals surface area contributed by atoms with Crippen molar-refractivity contribution < 1.29 is 9.90 Å². The first kappa shape index (κ1) is 10.5. The molecule has 0 fully saturated rings. The Morgan fingerprint density at radius 2 is 2.08 bits per heavy atom. The summed E-state index contributed by atoms with van der Waals surface area (Å²) in [5, 5.41) is 8.30. The van der Waals surface area contributed by atoms with Crippen LogP contribution in [0.25, 0.3) is 0 Å². The molecule has 1 rings (SSSR count). The van der Waals surface area contributed by atoms with Crippen molar-refractivity contribution in [2.45, 2.75) is 11.7 Å². The maximum Gasteiger partial charge on any atom is 0.317 e. The molecule has 1 atom stereocenters. The van der Waals surface area contributed by atoms with Crippen LogP contribution >= 0.6 is 22.5 Å². The van der Waals surface area contributed by atoms with Crippen LogP contribution in [0.3, 0.4) is 0 Å². The first-order valence-electron chi connectivity index (χ1n) is 3.81. The van der Waals surface area contributed by atoms with Gasteiger partial charge in [0.15, 0.2) is 0 Å². The van der Waals surface area contributed by atoms with Gasteiger partial charge in [0.1, 0.15) is 5.25 Å². The van der Waals surface area contributed by atoms with Crippen molar-refractivity contribution in [2.24, 2.45) is 0 Å². The molecule has 70 valence electrons. The number of benzene rings is 1. The van der Waals surface area contributed by atoms with Gasteiger partial charge in [-0.3, -0.25) is 4.79 Å². The molecule has 1 N–H and O–H groups in total. The quantitative estimate of drug-likeness (QED) is 0.596. The minimum atomic E-state index is -0.816. The predicted octanol–water partition coefficient (Wildman–Crippen LogP) is 2.26. The van der Waals surface area contributed by atoms with Gasteiger partial charge in [-0.25, -0.2) is 0 Å². The van der Waals surface area contributed by atoms with Gasteiger partial charge in [-0.15, -0.1) is 11.7 Å². The smallest absolute Gasteiger partial charge is 0.317 e. The Labute approximate surface area is 86.2 Å². The molecule has 0 bridgehead atoms. The fourth-order valence-electron chi connectivity index (χ4n) is 0.998. The minimum absolute atomic E-state index is 0.467. The van der Waals surface area contributed by atoms with Crippen LogP contribution in [0.5, 0.6) is 0 Å². The van der Waals surface area contributed by atoms with Gasteiger partial charge < -0.3 is 5.11 Å². The second kappa shape index (κ2) is 5.19. The van der Waals surface area contributed by atoms with Crippen LogP contribution in [0.4, 0.5) is 0 Å². The average Bonchev–Trinajstić information content (AvgIpc) is 2.15. The highest BCUT2D eigenvalue weighted by atomic mass is 33.1. The van der Waals surface area contributed by atoms with Crippen LogP contribution < -0.4 is 0 Å². The number of carboxylic acid groups (broad SMARTS) is 1. The van der Waals surface area contributed by atoms with Crippen molar-refractivity contribution in [1.29, 1.82) is 0 Å². The van der Waals surface area contributed by atoms with Gasteiger partial charge in [0, 0.05) is 0 Å². The molecule has 0 saturated carbocycles. The zero-order valence-corrected chi connectivity index (χ0v) is 8.59. The summed E-state index contributed by atoms with van der Waals surface area (Å²) in [6.07, 6.45) is 0.518. The van der Waals surface area contributed by atoms with Gasteiger partial charge in [-0.05, 0) is 12.0 Å². The number of rotatable bonds is 4. The molecule has 0 spiro atoms. The summed E-state index contributed by atoms with van der Waals surface area (Å²) in [5.41, 5.74) is 1.02. The summed E-state index contributed by atoms with van der Waals surface area (Å²) in [7, 11) is 1.07. The molecule has 0 aliphatic carbocycles. The lowest BCUT2D eigenvalue weighted by Gasteiger charge is -2.07. The lowest BCUT2D eigenvalue weighted by Crippen LogP contribution is -2.17. The van der Waals surface area contributed by atoms with Crippen LogP contribution in [0.2, 0.25) is 0 Å². The summed E-state index contributed by atoms with van der Waals surface area (Å²) >= 11 is 3.92. The third kappa shape index (κ3) is 3.32. The zero-order valence-electron chi connectivity index (χ0n) is 6.88. The van der Waals surface area contributed by atoms with E-state index in [1.165, 1.54) is 0 Å². The Morgan fingerprint density at radius 1 is 1.46 bits per heavy atom. The van der Waals surface area contributed by atoms with Crippen molar-refractivity contribution in [2.75, 3.05) is 0 Å². The van der Waals surface area contributed by atoms with E-state index in [4.69, 9.17) is 5.11 Å². The van der Waals surface area contributed by atoms with Crippen molar-refractivity contribution >= 4 is 28.4 Å². The van der Waals surface area contributed by atoms with Crippen molar-refractivity contribution in [1.82, 2.24) is 0 Å². The monoisotopic (exact) mass is 214 g/mol. The lowest BCUT2D eigenvalue weighted by atomic mass is 10.1. The van der Waals surface area contributed by atoms with E-state index in [9.17, 15) is 4.79 Å². The third-order valence-corrected chi connectivity index (χ3v) is 3.05. The minimum Gasteiger partial charge on any atom is -0.480 e. The van der Waals surface area contributed by atoms with Crippen molar-refractivity contribution in [3.8, 4) is 0 Å². The number of aliphatic carboxylic acids is 1. The SMILES string of the molecule is O=C(O)C(Cc1ccccc1)SS. The van der Waals surface area contributed by atoms with E-state index in [1.807, 2.05) is 30.3 Å². The molecule has 13 heavy (non-hydrogen) atoms. The van der Waals surface area contributed by atoms with Gasteiger partial charge in [0.2, 0.25) is 0 Å². The Kier molecular flexibility index (Phi) is 4.18. The molecule has 0 aliphatic heterocycles. The number of hydrogen-bond acceptors (Lipinski definition) is 3. The molecule has 1 aromatic carbocycles. The van der Waals surface area contributed by atoms with Crippen LogP contribution in [-0.4, -0.2) is 16.3 Å². The predicted molar refractivity (Wildman–Crippen MR) is 58.1 cm³/mol.